The summed E-state index contributed by atoms with van der Waals surface area (Å²) in [6, 6.07) is 9.50. The van der Waals surface area contributed by atoms with E-state index in [0.29, 0.717) is 18.5 Å². The number of guanidine groups is 1. The summed E-state index contributed by atoms with van der Waals surface area (Å²) in [5, 5.41) is 0. The maximum absolute atomic E-state index is 6.05. The molecule has 1 aliphatic carbocycles. The molecular formula is C20H32N4. The van der Waals surface area contributed by atoms with E-state index in [2.05, 4.69) is 52.9 Å². The number of nitrogens with zero attached hydrogens (tertiary/aromatic N) is 3. The van der Waals surface area contributed by atoms with Gasteiger partial charge in [0.25, 0.3) is 0 Å². The lowest BCUT2D eigenvalue weighted by Crippen LogP contribution is -2.38. The molecule has 2 fully saturated rings. The standard InChI is InChI=1S/C20H32N4/c1-15-10-16(2)13-24(12-15)14-18-6-4-17(5-7-18)11-22-20(21)23(3)19-8-9-19/h4-7,15-16,19H,8-14H2,1-3H3,(H2,21,22). The summed E-state index contributed by atoms with van der Waals surface area (Å²) in [5.41, 5.74) is 8.68. The number of aliphatic imine (C=N–C) groups is 1. The molecule has 0 amide bonds. The zero-order chi connectivity index (χ0) is 17.1. The third-order valence-electron chi connectivity index (χ3n) is 5.25. The van der Waals surface area contributed by atoms with E-state index in [1.807, 2.05) is 7.05 Å². The molecule has 132 valence electrons. The number of hydrogen-bond donors (Lipinski definition) is 1. The molecule has 3 rings (SSSR count). The van der Waals surface area contributed by atoms with Crippen LogP contribution in [-0.2, 0) is 13.1 Å². The van der Waals surface area contributed by atoms with Crippen molar-refractivity contribution in [3.05, 3.63) is 35.4 Å². The average Bonchev–Trinajstić information content (AvgIpc) is 3.37. The molecule has 2 unspecified atom stereocenters. The highest BCUT2D eigenvalue weighted by Crippen LogP contribution is 2.25. The van der Waals surface area contributed by atoms with Crippen LogP contribution in [0.3, 0.4) is 0 Å². The fourth-order valence-corrected chi connectivity index (χ4v) is 3.86. The highest BCUT2D eigenvalue weighted by Gasteiger charge is 2.27. The number of nitrogens with two attached hydrogens (primary N) is 1. The van der Waals surface area contributed by atoms with Crippen LogP contribution in [0, 0.1) is 11.8 Å². The maximum Gasteiger partial charge on any atom is 0.191 e. The molecule has 0 spiro atoms. The summed E-state index contributed by atoms with van der Waals surface area (Å²) in [6.45, 7) is 8.91. The van der Waals surface area contributed by atoms with Gasteiger partial charge in [0, 0.05) is 32.7 Å². The molecule has 1 aromatic rings. The van der Waals surface area contributed by atoms with Crippen LogP contribution in [0.1, 0.15) is 44.2 Å². The number of benzene rings is 1. The predicted molar refractivity (Wildman–Crippen MR) is 101 cm³/mol. The van der Waals surface area contributed by atoms with Crippen LogP contribution in [0.15, 0.2) is 29.3 Å². The van der Waals surface area contributed by atoms with Crippen LogP contribution in [0.25, 0.3) is 0 Å². The molecule has 0 radical (unpaired) electrons. The second-order valence-electron chi connectivity index (χ2n) is 7.97. The first-order chi connectivity index (χ1) is 11.5. The molecule has 1 heterocycles. The molecule has 2 N–H and O–H groups in total. The van der Waals surface area contributed by atoms with Gasteiger partial charge in [-0.25, -0.2) is 4.99 Å². The summed E-state index contributed by atoms with van der Waals surface area (Å²) >= 11 is 0. The van der Waals surface area contributed by atoms with Crippen molar-refractivity contribution in [2.75, 3.05) is 20.1 Å². The minimum absolute atomic E-state index is 0.616. The molecular weight excluding hydrogens is 296 g/mol. The van der Waals surface area contributed by atoms with E-state index < -0.39 is 0 Å². The molecule has 2 aliphatic rings. The van der Waals surface area contributed by atoms with E-state index in [9.17, 15) is 0 Å². The van der Waals surface area contributed by atoms with Crippen molar-refractivity contribution in [1.29, 1.82) is 0 Å². The first-order valence-electron chi connectivity index (χ1n) is 9.34. The first kappa shape index (κ1) is 17.3. The molecule has 24 heavy (non-hydrogen) atoms. The smallest absolute Gasteiger partial charge is 0.191 e. The van der Waals surface area contributed by atoms with Gasteiger partial charge in [-0.1, -0.05) is 38.1 Å². The zero-order valence-electron chi connectivity index (χ0n) is 15.4. The van der Waals surface area contributed by atoms with Crippen LogP contribution < -0.4 is 5.73 Å². The van der Waals surface area contributed by atoms with Crippen molar-refractivity contribution in [1.82, 2.24) is 9.80 Å². The Labute approximate surface area is 146 Å². The number of rotatable bonds is 5. The second kappa shape index (κ2) is 7.56. The maximum atomic E-state index is 6.05. The molecule has 2 atom stereocenters. The van der Waals surface area contributed by atoms with E-state index in [1.165, 1.54) is 43.5 Å². The topological polar surface area (TPSA) is 44.9 Å². The number of likely N-dealkylation sites (tertiary alicyclic amines) is 1. The Kier molecular flexibility index (Phi) is 5.44. The summed E-state index contributed by atoms with van der Waals surface area (Å²) < 4.78 is 0. The van der Waals surface area contributed by atoms with Gasteiger partial charge in [-0.05, 0) is 42.2 Å². The number of hydrogen-bond acceptors (Lipinski definition) is 2. The molecule has 4 nitrogen and oxygen atoms in total. The van der Waals surface area contributed by atoms with E-state index in [-0.39, 0.29) is 0 Å². The molecule has 0 aromatic heterocycles. The Morgan fingerprint density at radius 3 is 2.29 bits per heavy atom. The lowest BCUT2D eigenvalue weighted by Gasteiger charge is -2.35. The summed E-state index contributed by atoms with van der Waals surface area (Å²) in [6.07, 6.45) is 3.86. The van der Waals surface area contributed by atoms with Crippen LogP contribution in [0.2, 0.25) is 0 Å². The quantitative estimate of drug-likeness (QED) is 0.667. The highest BCUT2D eigenvalue weighted by atomic mass is 15.3. The SMILES string of the molecule is CC1CC(C)CN(Cc2ccc(CN=C(N)N(C)C3CC3)cc2)C1. The molecule has 1 saturated heterocycles. The van der Waals surface area contributed by atoms with Crippen molar-refractivity contribution < 1.29 is 0 Å². The van der Waals surface area contributed by atoms with Crippen molar-refractivity contribution in [2.45, 2.75) is 52.2 Å². The van der Waals surface area contributed by atoms with Crippen LogP contribution >= 0.6 is 0 Å². The predicted octanol–water partition coefficient (Wildman–Crippen LogP) is 3.07. The monoisotopic (exact) mass is 328 g/mol. The molecule has 1 aromatic carbocycles. The van der Waals surface area contributed by atoms with Crippen molar-refractivity contribution in [3.8, 4) is 0 Å². The van der Waals surface area contributed by atoms with Crippen LogP contribution in [-0.4, -0.2) is 41.9 Å². The Morgan fingerprint density at radius 1 is 1.12 bits per heavy atom. The van der Waals surface area contributed by atoms with E-state index in [4.69, 9.17) is 5.73 Å². The van der Waals surface area contributed by atoms with Gasteiger partial charge in [0.1, 0.15) is 0 Å². The van der Waals surface area contributed by atoms with E-state index in [1.54, 1.807) is 0 Å². The third-order valence-corrected chi connectivity index (χ3v) is 5.25. The van der Waals surface area contributed by atoms with E-state index in [0.717, 1.165) is 18.4 Å². The minimum atomic E-state index is 0.616. The van der Waals surface area contributed by atoms with Crippen molar-refractivity contribution >= 4 is 5.96 Å². The lowest BCUT2D eigenvalue weighted by molar-refractivity contribution is 0.134. The summed E-state index contributed by atoms with van der Waals surface area (Å²) in [4.78, 5) is 9.23. The molecule has 4 heteroatoms. The van der Waals surface area contributed by atoms with Crippen molar-refractivity contribution in [2.24, 2.45) is 22.6 Å². The highest BCUT2D eigenvalue weighted by molar-refractivity contribution is 5.78. The third kappa shape index (κ3) is 4.73. The van der Waals surface area contributed by atoms with E-state index >= 15 is 0 Å². The fraction of sp³-hybridized carbons (Fsp3) is 0.650. The lowest BCUT2D eigenvalue weighted by atomic mass is 9.91. The molecule has 0 bridgehead atoms. The van der Waals surface area contributed by atoms with Gasteiger partial charge >= 0.3 is 0 Å². The van der Waals surface area contributed by atoms with Gasteiger partial charge in [0.15, 0.2) is 5.96 Å². The van der Waals surface area contributed by atoms with Gasteiger partial charge < -0.3 is 10.6 Å². The number of piperidine rings is 1. The fourth-order valence-electron chi connectivity index (χ4n) is 3.86. The van der Waals surface area contributed by atoms with Crippen LogP contribution in [0.5, 0.6) is 0 Å². The molecule has 1 saturated carbocycles. The average molecular weight is 329 g/mol. The van der Waals surface area contributed by atoms with Gasteiger partial charge in [-0.2, -0.15) is 0 Å². The summed E-state index contributed by atoms with van der Waals surface area (Å²) in [5.74, 6) is 2.29. The zero-order valence-corrected chi connectivity index (χ0v) is 15.4. The van der Waals surface area contributed by atoms with Gasteiger partial charge in [0.2, 0.25) is 0 Å². The van der Waals surface area contributed by atoms with Crippen LogP contribution in [0.4, 0.5) is 0 Å². The second-order valence-corrected chi connectivity index (χ2v) is 7.97. The minimum Gasteiger partial charge on any atom is -0.370 e. The van der Waals surface area contributed by atoms with Gasteiger partial charge in [-0.15, -0.1) is 0 Å². The van der Waals surface area contributed by atoms with Crippen molar-refractivity contribution in [3.63, 3.8) is 0 Å². The Hall–Kier alpha value is -1.55. The largest absolute Gasteiger partial charge is 0.370 e. The Morgan fingerprint density at radius 2 is 1.71 bits per heavy atom. The van der Waals surface area contributed by atoms with Gasteiger partial charge in [-0.3, -0.25) is 4.90 Å². The normalized spacial score (nSPS) is 25.7. The first-order valence-corrected chi connectivity index (χ1v) is 9.34. The Bertz CT molecular complexity index is 552. The van der Waals surface area contributed by atoms with Gasteiger partial charge in [0.05, 0.1) is 6.54 Å². The molecule has 1 aliphatic heterocycles. The Balaban J connectivity index is 1.52. The summed E-state index contributed by atoms with van der Waals surface area (Å²) in [7, 11) is 2.04.